The molecular formula is C13H16N4O7. The van der Waals surface area contributed by atoms with Crippen LogP contribution in [0, 0.1) is 10.1 Å². The number of amides is 2. The number of rotatable bonds is 8. The number of nitrogens with zero attached hydrogens (tertiary/aromatic N) is 1. The van der Waals surface area contributed by atoms with Crippen molar-refractivity contribution in [1.82, 2.24) is 10.6 Å². The second-order valence-corrected chi connectivity index (χ2v) is 4.45. The second kappa shape index (κ2) is 9.17. The fourth-order valence-electron chi connectivity index (χ4n) is 1.53. The molecule has 0 fully saturated rings. The zero-order valence-electron chi connectivity index (χ0n) is 12.4. The van der Waals surface area contributed by atoms with E-state index in [4.69, 9.17) is 15.6 Å². The average Bonchev–Trinajstić information content (AvgIpc) is 2.57. The first-order valence-corrected chi connectivity index (χ1v) is 6.70. The van der Waals surface area contributed by atoms with E-state index in [1.54, 1.807) is 0 Å². The third-order valence-corrected chi connectivity index (χ3v) is 2.71. The molecule has 0 aromatic heterocycles. The van der Waals surface area contributed by atoms with E-state index in [2.05, 4.69) is 10.6 Å². The topological polar surface area (TPSA) is 174 Å². The number of nitro benzene ring substituents is 1. The Bertz CT molecular complexity index is 617. The number of carbonyl (C=O) groups is 3. The molecule has 0 saturated carbocycles. The van der Waals surface area contributed by atoms with Crippen LogP contribution in [0.2, 0.25) is 0 Å². The molecule has 24 heavy (non-hydrogen) atoms. The summed E-state index contributed by atoms with van der Waals surface area (Å²) in [5, 5.41) is 23.9. The molecule has 1 aromatic rings. The molecule has 11 nitrogen and oxygen atoms in total. The monoisotopic (exact) mass is 340 g/mol. The predicted molar refractivity (Wildman–Crippen MR) is 79.8 cm³/mol. The lowest BCUT2D eigenvalue weighted by molar-refractivity contribution is -0.384. The number of aliphatic hydroxyl groups excluding tert-OH is 1. The third-order valence-electron chi connectivity index (χ3n) is 2.71. The Kier molecular flexibility index (Phi) is 7.26. The normalized spacial score (nSPS) is 11.2. The van der Waals surface area contributed by atoms with Crippen LogP contribution in [-0.4, -0.2) is 53.6 Å². The lowest BCUT2D eigenvalue weighted by Crippen LogP contribution is -2.51. The molecule has 0 aliphatic heterocycles. The van der Waals surface area contributed by atoms with Crippen molar-refractivity contribution in [2.75, 3.05) is 19.7 Å². The fraction of sp³-hybridized carbons (Fsp3) is 0.308. The number of nitrogens with two attached hydrogens (primary N) is 1. The van der Waals surface area contributed by atoms with E-state index in [9.17, 15) is 24.5 Å². The molecule has 0 spiro atoms. The van der Waals surface area contributed by atoms with Crippen molar-refractivity contribution in [2.24, 2.45) is 5.73 Å². The smallest absolute Gasteiger partial charge is 0.330 e. The number of benzene rings is 1. The van der Waals surface area contributed by atoms with Crippen molar-refractivity contribution < 1.29 is 29.2 Å². The highest BCUT2D eigenvalue weighted by molar-refractivity contribution is 5.90. The summed E-state index contributed by atoms with van der Waals surface area (Å²) < 4.78 is 4.87. The Morgan fingerprint density at radius 3 is 2.42 bits per heavy atom. The van der Waals surface area contributed by atoms with E-state index < -0.39 is 41.9 Å². The molecule has 2 amide bonds. The first kappa shape index (κ1) is 19.0. The number of aliphatic hydroxyl groups is 1. The number of esters is 1. The zero-order chi connectivity index (χ0) is 18.1. The van der Waals surface area contributed by atoms with Crippen LogP contribution in [0.1, 0.15) is 0 Å². The van der Waals surface area contributed by atoms with E-state index >= 15 is 0 Å². The van der Waals surface area contributed by atoms with Crippen LogP contribution in [0.4, 0.5) is 5.69 Å². The molecule has 0 aliphatic carbocycles. The van der Waals surface area contributed by atoms with Crippen LogP contribution in [0.5, 0.6) is 5.75 Å². The summed E-state index contributed by atoms with van der Waals surface area (Å²) in [7, 11) is 0. The molecule has 0 heterocycles. The minimum absolute atomic E-state index is 0.0648. The molecule has 0 saturated heterocycles. The average molecular weight is 340 g/mol. The lowest BCUT2D eigenvalue weighted by atomic mass is 10.3. The number of hydrogen-bond donors (Lipinski definition) is 4. The van der Waals surface area contributed by atoms with Crippen molar-refractivity contribution in [1.29, 1.82) is 0 Å². The first-order valence-electron chi connectivity index (χ1n) is 6.70. The maximum absolute atomic E-state index is 11.7. The predicted octanol–water partition coefficient (Wildman–Crippen LogP) is -1.95. The number of nitrogens with one attached hydrogen (secondary N) is 2. The molecular weight excluding hydrogens is 324 g/mol. The van der Waals surface area contributed by atoms with Gasteiger partial charge in [-0.1, -0.05) is 0 Å². The van der Waals surface area contributed by atoms with E-state index in [-0.39, 0.29) is 18.0 Å². The van der Waals surface area contributed by atoms with E-state index in [0.717, 1.165) is 12.1 Å². The molecule has 0 aliphatic rings. The standard InChI is InChI=1S/C13H16N4O7/c14-5-11(19)16-10(7-18)13(21)15-6-12(20)24-9-3-1-8(2-4-9)17(22)23/h1-4,10,18H,5-7,14H2,(H,15,21)(H,16,19). The maximum Gasteiger partial charge on any atom is 0.330 e. The first-order chi connectivity index (χ1) is 11.4. The van der Waals surface area contributed by atoms with Crippen LogP contribution in [0.25, 0.3) is 0 Å². The summed E-state index contributed by atoms with van der Waals surface area (Å²) in [6.45, 7) is -1.55. The summed E-state index contributed by atoms with van der Waals surface area (Å²) in [5.41, 5.74) is 4.91. The summed E-state index contributed by atoms with van der Waals surface area (Å²) in [5.74, 6) is -2.20. The van der Waals surface area contributed by atoms with Crippen molar-refractivity contribution >= 4 is 23.5 Å². The molecule has 130 valence electrons. The van der Waals surface area contributed by atoms with Gasteiger partial charge in [0, 0.05) is 12.1 Å². The Morgan fingerprint density at radius 1 is 1.29 bits per heavy atom. The molecule has 1 unspecified atom stereocenters. The SMILES string of the molecule is NCC(=O)NC(CO)C(=O)NCC(=O)Oc1ccc([N+](=O)[O-])cc1. The van der Waals surface area contributed by atoms with Crippen LogP contribution in [0.3, 0.4) is 0 Å². The number of hydrogen-bond acceptors (Lipinski definition) is 8. The van der Waals surface area contributed by atoms with Crippen molar-refractivity contribution in [2.45, 2.75) is 6.04 Å². The molecule has 0 radical (unpaired) electrons. The van der Waals surface area contributed by atoms with Crippen molar-refractivity contribution in [3.05, 3.63) is 34.4 Å². The third kappa shape index (κ3) is 5.98. The number of non-ortho nitro benzene ring substituents is 1. The van der Waals surface area contributed by atoms with Crippen LogP contribution >= 0.6 is 0 Å². The summed E-state index contributed by atoms with van der Waals surface area (Å²) in [6, 6.07) is 3.54. The zero-order valence-corrected chi connectivity index (χ0v) is 12.4. The molecule has 11 heteroatoms. The van der Waals surface area contributed by atoms with Gasteiger partial charge in [-0.3, -0.25) is 19.7 Å². The maximum atomic E-state index is 11.7. The van der Waals surface area contributed by atoms with Gasteiger partial charge < -0.3 is 26.2 Å². The Morgan fingerprint density at radius 2 is 1.92 bits per heavy atom. The van der Waals surface area contributed by atoms with Crippen molar-refractivity contribution in [3.63, 3.8) is 0 Å². The molecule has 5 N–H and O–H groups in total. The fourth-order valence-corrected chi connectivity index (χ4v) is 1.53. The summed E-state index contributed by atoms with van der Waals surface area (Å²) in [4.78, 5) is 44.2. The van der Waals surface area contributed by atoms with Crippen LogP contribution < -0.4 is 21.1 Å². The highest BCUT2D eigenvalue weighted by atomic mass is 16.6. The minimum Gasteiger partial charge on any atom is -0.425 e. The van der Waals surface area contributed by atoms with Gasteiger partial charge in [-0.25, -0.2) is 4.79 Å². The summed E-state index contributed by atoms with van der Waals surface area (Å²) in [6.07, 6.45) is 0. The van der Waals surface area contributed by atoms with Crippen LogP contribution in [-0.2, 0) is 14.4 Å². The molecule has 0 bridgehead atoms. The van der Waals surface area contributed by atoms with Gasteiger partial charge in [0.15, 0.2) is 0 Å². The number of nitro groups is 1. The van der Waals surface area contributed by atoms with Gasteiger partial charge in [-0.05, 0) is 12.1 Å². The minimum atomic E-state index is -1.24. The highest BCUT2D eigenvalue weighted by Crippen LogP contribution is 2.17. The lowest BCUT2D eigenvalue weighted by Gasteiger charge is -2.15. The largest absolute Gasteiger partial charge is 0.425 e. The molecule has 1 rings (SSSR count). The van der Waals surface area contributed by atoms with Gasteiger partial charge in [0.05, 0.1) is 18.1 Å². The quantitative estimate of drug-likeness (QED) is 0.183. The highest BCUT2D eigenvalue weighted by Gasteiger charge is 2.20. The second-order valence-electron chi connectivity index (χ2n) is 4.45. The Labute approximate surface area is 135 Å². The van der Waals surface area contributed by atoms with Gasteiger partial charge in [-0.2, -0.15) is 0 Å². The van der Waals surface area contributed by atoms with E-state index in [1.807, 2.05) is 0 Å². The van der Waals surface area contributed by atoms with Gasteiger partial charge in [0.25, 0.3) is 5.69 Å². The van der Waals surface area contributed by atoms with E-state index in [1.165, 1.54) is 12.1 Å². The molecule has 1 aromatic carbocycles. The Hall–Kier alpha value is -3.05. The Balaban J connectivity index is 2.48. The number of carbonyl (C=O) groups excluding carboxylic acids is 3. The van der Waals surface area contributed by atoms with E-state index in [0.29, 0.717) is 0 Å². The van der Waals surface area contributed by atoms with Gasteiger partial charge in [0.2, 0.25) is 11.8 Å². The van der Waals surface area contributed by atoms with Gasteiger partial charge >= 0.3 is 5.97 Å². The van der Waals surface area contributed by atoms with Crippen molar-refractivity contribution in [3.8, 4) is 5.75 Å². The van der Waals surface area contributed by atoms with Gasteiger partial charge in [0.1, 0.15) is 18.3 Å². The van der Waals surface area contributed by atoms with Gasteiger partial charge in [-0.15, -0.1) is 0 Å². The number of ether oxygens (including phenoxy) is 1. The summed E-state index contributed by atoms with van der Waals surface area (Å²) >= 11 is 0. The molecule has 1 atom stereocenters. The van der Waals surface area contributed by atoms with Crippen LogP contribution in [0.15, 0.2) is 24.3 Å².